The van der Waals surface area contributed by atoms with Crippen molar-refractivity contribution in [3.8, 4) is 11.1 Å². The summed E-state index contributed by atoms with van der Waals surface area (Å²) in [5.41, 5.74) is 1.84. The van der Waals surface area contributed by atoms with Crippen LogP contribution in [-0.4, -0.2) is 35.8 Å². The third-order valence-corrected chi connectivity index (χ3v) is 9.25. The zero-order chi connectivity index (χ0) is 27.0. The number of benzene rings is 1. The van der Waals surface area contributed by atoms with Crippen LogP contribution in [0.4, 0.5) is 9.18 Å². The molecule has 0 spiro atoms. The SMILES string of the molecule is CCOC(=O)NC1CCC2[C@H](/C=C/c3ccc(-c4ccccc4F)cn3)[C@@H]3[C@@H](C)OC(=O)[C@@H]3C[C@@H]2C1(C)C. The van der Waals surface area contributed by atoms with Crippen LogP contribution in [0, 0.1) is 40.8 Å². The predicted octanol–water partition coefficient (Wildman–Crippen LogP) is 6.27. The number of aromatic nitrogens is 1. The van der Waals surface area contributed by atoms with Gasteiger partial charge in [0.1, 0.15) is 11.9 Å². The van der Waals surface area contributed by atoms with Gasteiger partial charge in [-0.2, -0.15) is 0 Å². The maximum absolute atomic E-state index is 14.2. The normalized spacial score (nSPS) is 31.8. The number of nitrogens with zero attached hydrogens (tertiary/aromatic N) is 1. The Bertz CT molecular complexity index is 1210. The Kier molecular flexibility index (Phi) is 7.30. The van der Waals surface area contributed by atoms with Crippen molar-refractivity contribution in [2.75, 3.05) is 6.61 Å². The molecule has 3 aliphatic rings. The minimum Gasteiger partial charge on any atom is -0.462 e. The van der Waals surface area contributed by atoms with E-state index in [4.69, 9.17) is 9.47 Å². The number of fused-ring (bicyclic) bond motifs is 2. The highest BCUT2D eigenvalue weighted by Crippen LogP contribution is 2.58. The highest BCUT2D eigenvalue weighted by atomic mass is 19.1. The van der Waals surface area contributed by atoms with Crippen molar-refractivity contribution in [1.82, 2.24) is 10.3 Å². The van der Waals surface area contributed by atoms with Gasteiger partial charge in [-0.05, 0) is 74.5 Å². The first-order valence-electron chi connectivity index (χ1n) is 13.7. The molecule has 2 unspecified atom stereocenters. The lowest BCUT2D eigenvalue weighted by atomic mass is 9.50. The summed E-state index contributed by atoms with van der Waals surface area (Å²) in [7, 11) is 0. The van der Waals surface area contributed by atoms with Crippen molar-refractivity contribution in [3.63, 3.8) is 0 Å². The molecule has 6 nitrogen and oxygen atoms in total. The summed E-state index contributed by atoms with van der Waals surface area (Å²) in [6, 6.07) is 10.5. The van der Waals surface area contributed by atoms with E-state index in [0.717, 1.165) is 30.5 Å². The average molecular weight is 521 g/mol. The van der Waals surface area contributed by atoms with Gasteiger partial charge in [-0.25, -0.2) is 9.18 Å². The number of hydrogen-bond acceptors (Lipinski definition) is 5. The molecule has 3 fully saturated rings. The van der Waals surface area contributed by atoms with Crippen LogP contribution in [0.2, 0.25) is 0 Å². The van der Waals surface area contributed by atoms with Crippen molar-refractivity contribution in [2.24, 2.45) is 35.0 Å². The number of amides is 1. The quantitative estimate of drug-likeness (QED) is 0.471. The van der Waals surface area contributed by atoms with E-state index in [1.54, 1.807) is 25.3 Å². The van der Waals surface area contributed by atoms with Gasteiger partial charge in [-0.1, -0.05) is 44.2 Å². The van der Waals surface area contributed by atoms with E-state index in [-0.39, 0.29) is 59.1 Å². The number of pyridine rings is 1. The summed E-state index contributed by atoms with van der Waals surface area (Å²) in [5.74, 6) is 0.332. The molecule has 2 heterocycles. The Hall–Kier alpha value is -3.22. The molecule has 1 aromatic heterocycles. The Morgan fingerprint density at radius 3 is 2.74 bits per heavy atom. The average Bonchev–Trinajstić information content (AvgIpc) is 3.18. The number of nitrogens with one attached hydrogen (secondary N) is 1. The van der Waals surface area contributed by atoms with E-state index in [2.05, 4.69) is 30.2 Å². The van der Waals surface area contributed by atoms with E-state index in [9.17, 15) is 14.0 Å². The molecule has 2 aromatic rings. The molecule has 1 aliphatic heterocycles. The number of alkyl carbamates (subject to hydrolysis) is 1. The standard InChI is InChI=1S/C31H37FN2O4/c1-5-37-30(36)34-27-15-14-22-23(28-18(2)38-29(35)24(28)16-25(22)31(27,3)4)13-12-20-11-10-19(17-33-20)21-8-6-7-9-26(21)32/h6-13,17-18,22-25,27-28H,5,14-16H2,1-4H3,(H,34,36)/b13-12+/t18-,22?,23+,24-,25+,27?,28+/m1/s1. The largest absolute Gasteiger partial charge is 0.462 e. The van der Waals surface area contributed by atoms with Gasteiger partial charge in [0.15, 0.2) is 0 Å². The van der Waals surface area contributed by atoms with Crippen molar-refractivity contribution in [3.05, 3.63) is 60.2 Å². The van der Waals surface area contributed by atoms with Crippen LogP contribution in [0.25, 0.3) is 17.2 Å². The highest BCUT2D eigenvalue weighted by molar-refractivity contribution is 5.76. The fourth-order valence-electron chi connectivity index (χ4n) is 7.32. The first-order valence-corrected chi connectivity index (χ1v) is 13.7. The number of rotatable bonds is 5. The lowest BCUT2D eigenvalue weighted by Crippen LogP contribution is -2.57. The predicted molar refractivity (Wildman–Crippen MR) is 143 cm³/mol. The Morgan fingerprint density at radius 1 is 1.24 bits per heavy atom. The summed E-state index contributed by atoms with van der Waals surface area (Å²) < 4.78 is 25.1. The number of ether oxygens (including phenoxy) is 2. The number of esters is 1. The number of halogens is 1. The third kappa shape index (κ3) is 4.83. The van der Waals surface area contributed by atoms with Crippen LogP contribution in [-0.2, 0) is 14.3 Å². The van der Waals surface area contributed by atoms with Crippen LogP contribution < -0.4 is 5.32 Å². The summed E-state index contributed by atoms with van der Waals surface area (Å²) in [5, 5.41) is 3.09. The molecule has 0 bridgehead atoms. The van der Waals surface area contributed by atoms with E-state index in [0.29, 0.717) is 18.1 Å². The first-order chi connectivity index (χ1) is 18.2. The summed E-state index contributed by atoms with van der Waals surface area (Å²) in [6.07, 6.45) is 7.99. The number of carbonyl (C=O) groups excluding carboxylic acids is 2. The molecule has 7 heteroatoms. The fraction of sp³-hybridized carbons (Fsp3) is 0.516. The number of carbonyl (C=O) groups is 2. The smallest absolute Gasteiger partial charge is 0.407 e. The second-order valence-corrected chi connectivity index (χ2v) is 11.5. The summed E-state index contributed by atoms with van der Waals surface area (Å²) in [4.78, 5) is 29.7. The van der Waals surface area contributed by atoms with Crippen molar-refractivity contribution >= 4 is 18.1 Å². The fourth-order valence-corrected chi connectivity index (χ4v) is 7.32. The van der Waals surface area contributed by atoms with E-state index in [1.807, 2.05) is 31.2 Å². The zero-order valence-electron chi connectivity index (χ0n) is 22.5. The molecule has 1 saturated heterocycles. The lowest BCUT2D eigenvalue weighted by molar-refractivity contribution is -0.145. The van der Waals surface area contributed by atoms with Gasteiger partial charge in [0.2, 0.25) is 0 Å². The Balaban J connectivity index is 1.41. The molecular formula is C31H37FN2O4. The lowest BCUT2D eigenvalue weighted by Gasteiger charge is -2.55. The zero-order valence-corrected chi connectivity index (χ0v) is 22.5. The number of cyclic esters (lactones) is 1. The molecule has 0 radical (unpaired) electrons. The molecule has 1 aromatic carbocycles. The molecule has 202 valence electrons. The molecule has 2 saturated carbocycles. The second kappa shape index (κ2) is 10.5. The van der Waals surface area contributed by atoms with Gasteiger partial charge < -0.3 is 14.8 Å². The topological polar surface area (TPSA) is 77.5 Å². The van der Waals surface area contributed by atoms with Gasteiger partial charge in [0, 0.05) is 29.3 Å². The molecule has 5 rings (SSSR count). The van der Waals surface area contributed by atoms with Gasteiger partial charge in [0.05, 0.1) is 18.2 Å². The van der Waals surface area contributed by atoms with Gasteiger partial charge in [-0.3, -0.25) is 9.78 Å². The van der Waals surface area contributed by atoms with E-state index in [1.165, 1.54) is 6.07 Å². The van der Waals surface area contributed by atoms with Crippen molar-refractivity contribution < 1.29 is 23.5 Å². The molecular weight excluding hydrogens is 483 g/mol. The number of hydrogen-bond donors (Lipinski definition) is 1. The van der Waals surface area contributed by atoms with Crippen LogP contribution in [0.1, 0.15) is 52.7 Å². The molecule has 2 aliphatic carbocycles. The van der Waals surface area contributed by atoms with E-state index >= 15 is 0 Å². The molecule has 1 amide bonds. The highest BCUT2D eigenvalue weighted by Gasteiger charge is 2.59. The second-order valence-electron chi connectivity index (χ2n) is 11.5. The maximum Gasteiger partial charge on any atom is 0.407 e. The maximum atomic E-state index is 14.2. The van der Waals surface area contributed by atoms with Crippen molar-refractivity contribution in [1.29, 1.82) is 0 Å². The van der Waals surface area contributed by atoms with Gasteiger partial charge >= 0.3 is 12.1 Å². The first kappa shape index (κ1) is 26.4. The molecule has 7 atom stereocenters. The van der Waals surface area contributed by atoms with Crippen LogP contribution >= 0.6 is 0 Å². The van der Waals surface area contributed by atoms with Crippen LogP contribution in [0.5, 0.6) is 0 Å². The summed E-state index contributed by atoms with van der Waals surface area (Å²) >= 11 is 0. The van der Waals surface area contributed by atoms with Gasteiger partial charge in [-0.15, -0.1) is 0 Å². The third-order valence-electron chi connectivity index (χ3n) is 9.25. The summed E-state index contributed by atoms with van der Waals surface area (Å²) in [6.45, 7) is 8.54. The Labute approximate surface area is 224 Å². The van der Waals surface area contributed by atoms with E-state index < -0.39 is 0 Å². The Morgan fingerprint density at radius 2 is 2.03 bits per heavy atom. The minimum absolute atomic E-state index is 0.0218. The van der Waals surface area contributed by atoms with Crippen LogP contribution in [0.3, 0.4) is 0 Å². The minimum atomic E-state index is -0.382. The van der Waals surface area contributed by atoms with Crippen molar-refractivity contribution in [2.45, 2.75) is 59.1 Å². The monoisotopic (exact) mass is 520 g/mol. The molecule has 1 N–H and O–H groups in total. The van der Waals surface area contributed by atoms with Crippen LogP contribution in [0.15, 0.2) is 48.7 Å². The molecule has 38 heavy (non-hydrogen) atoms. The van der Waals surface area contributed by atoms with Gasteiger partial charge in [0.25, 0.3) is 0 Å². The number of allylic oxidation sites excluding steroid dienone is 1.